The van der Waals surface area contributed by atoms with Crippen LogP contribution in [0.25, 0.3) is 0 Å². The summed E-state index contributed by atoms with van der Waals surface area (Å²) < 4.78 is -0.286. The summed E-state index contributed by atoms with van der Waals surface area (Å²) in [4.78, 5) is 30.2. The van der Waals surface area contributed by atoms with Gasteiger partial charge in [-0.2, -0.15) is 0 Å². The second-order valence-electron chi connectivity index (χ2n) is 3.80. The monoisotopic (exact) mass is 331 g/mol. The summed E-state index contributed by atoms with van der Waals surface area (Å²) in [5.74, 6) is -0.751. The Hall–Kier alpha value is -1.56. The maximum Gasteiger partial charge on any atom is 0.337 e. The molecule has 5 nitrogen and oxygen atoms in total. The summed E-state index contributed by atoms with van der Waals surface area (Å²) in [5.41, 5.74) is 0.441. The highest BCUT2D eigenvalue weighted by atomic mass is 35.5. The van der Waals surface area contributed by atoms with E-state index in [0.29, 0.717) is 5.69 Å². The number of imide groups is 1. The molecule has 104 valence electrons. The van der Waals surface area contributed by atoms with E-state index in [1.807, 2.05) is 0 Å². The first kappa shape index (κ1) is 14.8. The molecule has 20 heavy (non-hydrogen) atoms. The van der Waals surface area contributed by atoms with Crippen LogP contribution in [0.4, 0.5) is 10.5 Å². The largest absolute Gasteiger partial charge is 0.337 e. The van der Waals surface area contributed by atoms with Gasteiger partial charge in [-0.05, 0) is 12.1 Å². The minimum Gasteiger partial charge on any atom is -0.276 e. The molecule has 1 heterocycles. The number of hydrogen-bond donors (Lipinski definition) is 0. The number of benzene rings is 1. The number of likely N-dealkylation sites (N-methyl/N-ethyl adjacent to an activating group) is 1. The molecule has 0 spiro atoms. The fraction of sp³-hybridized carbons (Fsp3) is 0.0833. The van der Waals surface area contributed by atoms with Gasteiger partial charge in [0.25, 0.3) is 0 Å². The SMILES string of the molecule is CN1C(=O)N(c2ccccc2)C(=O)/C1=N\C(Cl)=C(Cl)Cl. The summed E-state index contributed by atoms with van der Waals surface area (Å²) in [5, 5.41) is -0.258. The molecule has 0 atom stereocenters. The van der Waals surface area contributed by atoms with Crippen molar-refractivity contribution in [2.24, 2.45) is 4.99 Å². The Bertz CT molecular complexity index is 624. The average Bonchev–Trinajstić information content (AvgIpc) is 2.63. The molecule has 1 saturated heterocycles. The van der Waals surface area contributed by atoms with Crippen molar-refractivity contribution in [2.75, 3.05) is 11.9 Å². The number of anilines is 1. The average molecular weight is 333 g/mol. The van der Waals surface area contributed by atoms with Gasteiger partial charge in [-0.3, -0.25) is 9.69 Å². The number of amides is 3. The summed E-state index contributed by atoms with van der Waals surface area (Å²) in [6.07, 6.45) is 0. The molecule has 3 amide bonds. The van der Waals surface area contributed by atoms with E-state index in [0.717, 1.165) is 9.80 Å². The first-order valence-corrected chi connectivity index (χ1v) is 6.53. The van der Waals surface area contributed by atoms with Gasteiger partial charge in [-0.1, -0.05) is 53.0 Å². The highest BCUT2D eigenvalue weighted by Crippen LogP contribution is 2.24. The van der Waals surface area contributed by atoms with Crippen LogP contribution in [-0.2, 0) is 4.79 Å². The standard InChI is InChI=1S/C12H8Cl3N3O2/c1-17-10(16-9(15)8(13)14)11(19)18(12(17)20)7-5-3-2-4-6-7/h2-6H,1H3/b16-10+. The fourth-order valence-electron chi connectivity index (χ4n) is 1.63. The molecule has 0 aliphatic carbocycles. The van der Waals surface area contributed by atoms with E-state index in [2.05, 4.69) is 4.99 Å². The van der Waals surface area contributed by atoms with Gasteiger partial charge in [0.05, 0.1) is 5.69 Å². The molecule has 0 radical (unpaired) electrons. The molecule has 2 rings (SSSR count). The molecule has 0 unspecified atom stereocenters. The predicted octanol–water partition coefficient (Wildman–Crippen LogP) is 3.33. The van der Waals surface area contributed by atoms with Crippen LogP contribution in [0.2, 0.25) is 0 Å². The lowest BCUT2D eigenvalue weighted by Crippen LogP contribution is -2.31. The van der Waals surface area contributed by atoms with E-state index < -0.39 is 11.9 Å². The fourth-order valence-corrected chi connectivity index (χ4v) is 1.80. The minimum absolute atomic E-state index is 0.150. The van der Waals surface area contributed by atoms with Crippen molar-refractivity contribution >= 4 is 58.3 Å². The van der Waals surface area contributed by atoms with Crippen molar-refractivity contribution in [3.05, 3.63) is 40.0 Å². The molecule has 1 aromatic rings. The molecule has 0 aromatic heterocycles. The van der Waals surface area contributed by atoms with Crippen LogP contribution in [0.1, 0.15) is 0 Å². The van der Waals surface area contributed by atoms with Crippen LogP contribution < -0.4 is 4.90 Å². The summed E-state index contributed by atoms with van der Waals surface area (Å²) in [6, 6.07) is 7.95. The Morgan fingerprint density at radius 1 is 1.10 bits per heavy atom. The highest BCUT2D eigenvalue weighted by molar-refractivity contribution is 6.60. The number of urea groups is 1. The van der Waals surface area contributed by atoms with E-state index in [-0.39, 0.29) is 15.5 Å². The number of hydrogen-bond acceptors (Lipinski definition) is 3. The lowest BCUT2D eigenvalue weighted by molar-refractivity contribution is -0.111. The molecule has 1 aliphatic heterocycles. The molecule has 0 saturated carbocycles. The predicted molar refractivity (Wildman–Crippen MR) is 79.1 cm³/mol. The summed E-state index contributed by atoms with van der Waals surface area (Å²) >= 11 is 16.6. The normalized spacial score (nSPS) is 17.1. The van der Waals surface area contributed by atoms with Gasteiger partial charge >= 0.3 is 11.9 Å². The highest BCUT2D eigenvalue weighted by Gasteiger charge is 2.41. The molecule has 8 heteroatoms. The maximum atomic E-state index is 12.3. The maximum absolute atomic E-state index is 12.3. The molecule has 1 aromatic carbocycles. The number of amidine groups is 1. The zero-order chi connectivity index (χ0) is 14.9. The second kappa shape index (κ2) is 5.83. The van der Waals surface area contributed by atoms with Gasteiger partial charge in [-0.15, -0.1) is 0 Å². The first-order chi connectivity index (χ1) is 9.43. The Morgan fingerprint density at radius 3 is 2.25 bits per heavy atom. The Balaban J connectivity index is 2.44. The van der Waals surface area contributed by atoms with Crippen LogP contribution in [-0.4, -0.2) is 29.7 Å². The molecular formula is C12H8Cl3N3O2. The zero-order valence-corrected chi connectivity index (χ0v) is 12.4. The molecule has 0 N–H and O–H groups in total. The smallest absolute Gasteiger partial charge is 0.276 e. The van der Waals surface area contributed by atoms with Crippen molar-refractivity contribution in [3.8, 4) is 0 Å². The third-order valence-corrected chi connectivity index (χ3v) is 3.39. The minimum atomic E-state index is -0.601. The van der Waals surface area contributed by atoms with Crippen LogP contribution >= 0.6 is 34.8 Å². The van der Waals surface area contributed by atoms with Gasteiger partial charge in [0, 0.05) is 7.05 Å². The van der Waals surface area contributed by atoms with Gasteiger partial charge < -0.3 is 0 Å². The molecule has 0 bridgehead atoms. The third kappa shape index (κ3) is 2.65. The number of carbonyl (C=O) groups is 2. The van der Waals surface area contributed by atoms with Crippen molar-refractivity contribution in [1.29, 1.82) is 0 Å². The van der Waals surface area contributed by atoms with Gasteiger partial charge in [-0.25, -0.2) is 14.7 Å². The number of rotatable bonds is 2. The molecular weight excluding hydrogens is 325 g/mol. The van der Waals surface area contributed by atoms with Crippen molar-refractivity contribution < 1.29 is 9.59 Å². The van der Waals surface area contributed by atoms with Crippen molar-refractivity contribution in [2.45, 2.75) is 0 Å². The lowest BCUT2D eigenvalue weighted by atomic mass is 10.3. The number of aliphatic imine (C=N–C) groups is 1. The Kier molecular flexibility index (Phi) is 4.32. The Labute approximate surface area is 130 Å². The summed E-state index contributed by atoms with van der Waals surface area (Å²) in [6.45, 7) is 0. The van der Waals surface area contributed by atoms with Gasteiger partial charge in [0.15, 0.2) is 5.16 Å². The number of para-hydroxylation sites is 1. The van der Waals surface area contributed by atoms with Crippen LogP contribution in [0.15, 0.2) is 45.0 Å². The second-order valence-corrected chi connectivity index (χ2v) is 5.11. The number of carbonyl (C=O) groups excluding carboxylic acids is 2. The van der Waals surface area contributed by atoms with Gasteiger partial charge in [0.2, 0.25) is 5.84 Å². The van der Waals surface area contributed by atoms with Crippen LogP contribution in [0.3, 0.4) is 0 Å². The van der Waals surface area contributed by atoms with Crippen LogP contribution in [0, 0.1) is 0 Å². The quantitative estimate of drug-likeness (QED) is 0.616. The van der Waals surface area contributed by atoms with Crippen molar-refractivity contribution in [3.63, 3.8) is 0 Å². The third-order valence-electron chi connectivity index (χ3n) is 2.56. The van der Waals surface area contributed by atoms with E-state index >= 15 is 0 Å². The van der Waals surface area contributed by atoms with E-state index in [1.54, 1.807) is 30.3 Å². The van der Waals surface area contributed by atoms with Crippen LogP contribution in [0.5, 0.6) is 0 Å². The summed E-state index contributed by atoms with van der Waals surface area (Å²) in [7, 11) is 1.41. The number of halogens is 3. The van der Waals surface area contributed by atoms with Crippen molar-refractivity contribution in [1.82, 2.24) is 4.90 Å². The number of nitrogens with zero attached hydrogens (tertiary/aromatic N) is 3. The zero-order valence-electron chi connectivity index (χ0n) is 10.2. The first-order valence-electron chi connectivity index (χ1n) is 5.40. The van der Waals surface area contributed by atoms with E-state index in [1.165, 1.54) is 7.05 Å². The van der Waals surface area contributed by atoms with Gasteiger partial charge in [0.1, 0.15) is 4.49 Å². The molecule has 1 aliphatic rings. The lowest BCUT2D eigenvalue weighted by Gasteiger charge is -2.12. The molecule has 1 fully saturated rings. The van der Waals surface area contributed by atoms with E-state index in [4.69, 9.17) is 34.8 Å². The Morgan fingerprint density at radius 2 is 1.70 bits per heavy atom. The van der Waals surface area contributed by atoms with E-state index in [9.17, 15) is 9.59 Å². The topological polar surface area (TPSA) is 53.0 Å².